The zero-order valence-electron chi connectivity index (χ0n) is 18.5. The van der Waals surface area contributed by atoms with E-state index in [2.05, 4.69) is 16.4 Å². The van der Waals surface area contributed by atoms with Gasteiger partial charge < -0.3 is 5.32 Å². The van der Waals surface area contributed by atoms with Gasteiger partial charge in [-0.15, -0.1) is 0 Å². The van der Waals surface area contributed by atoms with Crippen molar-refractivity contribution < 1.29 is 17.6 Å². The minimum absolute atomic E-state index is 0.00958. The maximum Gasteiger partial charge on any atom is 0.244 e. The molecular formula is C22H22FN5O3S2. The van der Waals surface area contributed by atoms with Crippen molar-refractivity contribution in [2.45, 2.75) is 23.8 Å². The topological polar surface area (TPSA) is 108 Å². The van der Waals surface area contributed by atoms with E-state index in [1.165, 1.54) is 44.6 Å². The smallest absolute Gasteiger partial charge is 0.244 e. The van der Waals surface area contributed by atoms with Gasteiger partial charge in [0.25, 0.3) is 0 Å². The van der Waals surface area contributed by atoms with E-state index in [9.17, 15) is 22.9 Å². The van der Waals surface area contributed by atoms with Crippen molar-refractivity contribution >= 4 is 33.5 Å². The molecule has 0 aliphatic heterocycles. The molecule has 11 heteroatoms. The number of nitriles is 1. The van der Waals surface area contributed by atoms with Crippen LogP contribution in [0.1, 0.15) is 16.8 Å². The average Bonchev–Trinajstić information content (AvgIpc) is 3.02. The molecule has 1 aromatic carbocycles. The van der Waals surface area contributed by atoms with Gasteiger partial charge in [0.05, 0.1) is 16.3 Å². The van der Waals surface area contributed by atoms with Crippen LogP contribution in [-0.2, 0) is 14.8 Å². The molecule has 0 saturated heterocycles. The molecule has 0 unspecified atom stereocenters. The van der Waals surface area contributed by atoms with Crippen LogP contribution in [0, 0.1) is 31.0 Å². The van der Waals surface area contributed by atoms with Crippen molar-refractivity contribution in [2.24, 2.45) is 0 Å². The van der Waals surface area contributed by atoms with Crippen molar-refractivity contribution in [1.82, 2.24) is 13.9 Å². The first-order chi connectivity index (χ1) is 15.6. The number of thioether (sulfide) groups is 1. The van der Waals surface area contributed by atoms with E-state index >= 15 is 0 Å². The predicted octanol–water partition coefficient (Wildman–Crippen LogP) is 3.48. The SMILES string of the molecule is Cc1c(C#N)c(NC(=O)CSc2ccc(S(=O)(=O)N(C)C)cn2)n(-c2ccc(F)cc2)c1C. The van der Waals surface area contributed by atoms with Crippen LogP contribution in [0.2, 0.25) is 0 Å². The molecule has 0 aliphatic carbocycles. The maximum absolute atomic E-state index is 13.4. The first-order valence-corrected chi connectivity index (χ1v) is 12.2. The number of anilines is 1. The lowest BCUT2D eigenvalue weighted by atomic mass is 10.2. The molecule has 0 bridgehead atoms. The summed E-state index contributed by atoms with van der Waals surface area (Å²) in [7, 11) is -0.716. The Hall–Kier alpha value is -3.20. The fraction of sp³-hybridized carbons (Fsp3) is 0.227. The Kier molecular flexibility index (Phi) is 7.22. The monoisotopic (exact) mass is 487 g/mol. The van der Waals surface area contributed by atoms with Gasteiger partial charge in [-0.3, -0.25) is 9.36 Å². The van der Waals surface area contributed by atoms with Crippen molar-refractivity contribution in [3.63, 3.8) is 0 Å². The van der Waals surface area contributed by atoms with Gasteiger partial charge in [-0.25, -0.2) is 22.1 Å². The van der Waals surface area contributed by atoms with Crippen molar-refractivity contribution in [3.05, 3.63) is 65.2 Å². The molecule has 0 aliphatic rings. The molecule has 3 aromatic rings. The fourth-order valence-corrected chi connectivity index (χ4v) is 4.59. The highest BCUT2D eigenvalue weighted by molar-refractivity contribution is 7.99. The standard InChI is InChI=1S/C22H22FN5O3S2/c1-14-15(2)28(17-7-5-16(23)6-8-17)22(19(14)11-24)26-20(29)13-32-21-10-9-18(12-25-21)33(30,31)27(3)4/h5-10,12H,13H2,1-4H3,(H,26,29). The van der Waals surface area contributed by atoms with Gasteiger partial charge in [0.1, 0.15) is 22.6 Å². The Morgan fingerprint density at radius 1 is 1.21 bits per heavy atom. The van der Waals surface area contributed by atoms with Crippen molar-refractivity contribution in [1.29, 1.82) is 5.26 Å². The zero-order valence-corrected chi connectivity index (χ0v) is 20.1. The van der Waals surface area contributed by atoms with Crippen LogP contribution in [0.25, 0.3) is 5.69 Å². The second-order valence-electron chi connectivity index (χ2n) is 7.31. The van der Waals surface area contributed by atoms with E-state index in [4.69, 9.17) is 0 Å². The summed E-state index contributed by atoms with van der Waals surface area (Å²) in [6.45, 7) is 3.60. The molecule has 1 amide bonds. The van der Waals surface area contributed by atoms with Crippen molar-refractivity contribution in [3.8, 4) is 11.8 Å². The van der Waals surface area contributed by atoms with E-state index in [1.807, 2.05) is 6.92 Å². The number of carbonyl (C=O) groups excluding carboxylic acids is 1. The normalized spacial score (nSPS) is 11.4. The Morgan fingerprint density at radius 3 is 2.42 bits per heavy atom. The molecule has 2 aromatic heterocycles. The number of hydrogen-bond acceptors (Lipinski definition) is 6. The minimum atomic E-state index is -3.58. The highest BCUT2D eigenvalue weighted by atomic mass is 32.2. The lowest BCUT2D eigenvalue weighted by molar-refractivity contribution is -0.113. The number of aromatic nitrogens is 2. The molecule has 0 saturated carbocycles. The average molecular weight is 488 g/mol. The predicted molar refractivity (Wildman–Crippen MR) is 124 cm³/mol. The summed E-state index contributed by atoms with van der Waals surface area (Å²) in [5.74, 6) is -0.460. The van der Waals surface area contributed by atoms with E-state index in [1.54, 1.807) is 23.6 Å². The molecular weight excluding hydrogens is 465 g/mol. The molecule has 2 heterocycles. The number of sulfonamides is 1. The van der Waals surface area contributed by atoms with Gasteiger partial charge in [0, 0.05) is 31.7 Å². The van der Waals surface area contributed by atoms with Gasteiger partial charge in [-0.2, -0.15) is 5.26 Å². The number of rotatable bonds is 7. The zero-order chi connectivity index (χ0) is 24.3. The Balaban J connectivity index is 1.79. The fourth-order valence-electron chi connectivity index (χ4n) is 3.10. The molecule has 0 fully saturated rings. The summed E-state index contributed by atoms with van der Waals surface area (Å²) >= 11 is 1.13. The lowest BCUT2D eigenvalue weighted by Crippen LogP contribution is -2.22. The Morgan fingerprint density at radius 2 is 1.88 bits per heavy atom. The Labute approximate surface area is 196 Å². The Bertz CT molecular complexity index is 1330. The van der Waals surface area contributed by atoms with E-state index < -0.39 is 10.0 Å². The highest BCUT2D eigenvalue weighted by Gasteiger charge is 2.21. The van der Waals surface area contributed by atoms with Crippen LogP contribution in [0.4, 0.5) is 10.2 Å². The lowest BCUT2D eigenvalue weighted by Gasteiger charge is -2.13. The molecule has 0 spiro atoms. The number of amides is 1. The summed E-state index contributed by atoms with van der Waals surface area (Å²) in [6.07, 6.45) is 1.25. The number of nitrogens with one attached hydrogen (secondary N) is 1. The van der Waals surface area contributed by atoms with Gasteiger partial charge >= 0.3 is 0 Å². The summed E-state index contributed by atoms with van der Waals surface area (Å²) in [5, 5.41) is 12.9. The first-order valence-electron chi connectivity index (χ1n) is 9.75. The number of halogens is 1. The highest BCUT2D eigenvalue weighted by Crippen LogP contribution is 2.30. The second kappa shape index (κ2) is 9.74. The molecule has 0 radical (unpaired) electrons. The number of pyridine rings is 1. The first kappa shape index (κ1) is 24.4. The molecule has 1 N–H and O–H groups in total. The van der Waals surface area contributed by atoms with E-state index in [0.717, 1.165) is 21.8 Å². The van der Waals surface area contributed by atoms with Gasteiger partial charge in [-0.05, 0) is 55.8 Å². The number of carbonyl (C=O) groups is 1. The summed E-state index contributed by atoms with van der Waals surface area (Å²) < 4.78 is 40.4. The number of nitrogens with zero attached hydrogens (tertiary/aromatic N) is 4. The molecule has 33 heavy (non-hydrogen) atoms. The minimum Gasteiger partial charge on any atom is -0.310 e. The van der Waals surface area contributed by atoms with Crippen LogP contribution in [0.5, 0.6) is 0 Å². The van der Waals surface area contributed by atoms with Crippen LogP contribution in [0.3, 0.4) is 0 Å². The van der Waals surface area contributed by atoms with Crippen LogP contribution in [-0.4, -0.2) is 48.0 Å². The summed E-state index contributed by atoms with van der Waals surface area (Å²) in [4.78, 5) is 16.9. The third kappa shape index (κ3) is 5.08. The maximum atomic E-state index is 13.4. The van der Waals surface area contributed by atoms with E-state index in [-0.39, 0.29) is 22.4 Å². The third-order valence-electron chi connectivity index (χ3n) is 5.01. The van der Waals surface area contributed by atoms with Gasteiger partial charge in [0.2, 0.25) is 15.9 Å². The van der Waals surface area contributed by atoms with Crippen LogP contribution >= 0.6 is 11.8 Å². The summed E-state index contributed by atoms with van der Waals surface area (Å²) in [5.41, 5.74) is 2.40. The van der Waals surface area contributed by atoms with Crippen LogP contribution < -0.4 is 5.32 Å². The van der Waals surface area contributed by atoms with Gasteiger partial charge in [-0.1, -0.05) is 11.8 Å². The molecule has 0 atom stereocenters. The van der Waals surface area contributed by atoms with Crippen molar-refractivity contribution in [2.75, 3.05) is 25.2 Å². The van der Waals surface area contributed by atoms with E-state index in [0.29, 0.717) is 27.7 Å². The molecule has 8 nitrogen and oxygen atoms in total. The largest absolute Gasteiger partial charge is 0.310 e. The third-order valence-corrected chi connectivity index (χ3v) is 7.75. The molecule has 3 rings (SSSR count). The number of hydrogen-bond donors (Lipinski definition) is 1. The molecule has 172 valence electrons. The second-order valence-corrected chi connectivity index (χ2v) is 10.5. The number of benzene rings is 1. The quantitative estimate of drug-likeness (QED) is 0.511. The van der Waals surface area contributed by atoms with Crippen LogP contribution in [0.15, 0.2) is 52.5 Å². The summed E-state index contributed by atoms with van der Waals surface area (Å²) in [6, 6.07) is 10.8. The van der Waals surface area contributed by atoms with Gasteiger partial charge in [0.15, 0.2) is 0 Å².